The quantitative estimate of drug-likeness (QED) is 0.102. The van der Waals surface area contributed by atoms with Gasteiger partial charge < -0.3 is 10.6 Å². The summed E-state index contributed by atoms with van der Waals surface area (Å²) in [6.45, 7) is 8.49. The number of nitrogens with one attached hydrogen (secondary N) is 2. The first kappa shape index (κ1) is 45.3. The molecule has 4 aromatic carbocycles. The third-order valence-corrected chi connectivity index (χ3v) is 12.8. The van der Waals surface area contributed by atoms with E-state index in [1.807, 2.05) is 54.8 Å². The van der Waals surface area contributed by atoms with Crippen molar-refractivity contribution in [1.82, 2.24) is 39.7 Å². The minimum Gasteiger partial charge on any atom is -0.349 e. The predicted octanol–water partition coefficient (Wildman–Crippen LogP) is 8.47. The summed E-state index contributed by atoms with van der Waals surface area (Å²) in [5.41, 5.74) is 8.31. The average molecular weight is 901 g/mol. The number of thioether (sulfide) groups is 1. The molecule has 0 saturated heterocycles. The van der Waals surface area contributed by atoms with Crippen LogP contribution in [0.3, 0.4) is 0 Å². The van der Waals surface area contributed by atoms with Crippen LogP contribution in [0.5, 0.6) is 0 Å². The van der Waals surface area contributed by atoms with Gasteiger partial charge in [-0.15, -0.1) is 0 Å². The maximum atomic E-state index is 13.2. The van der Waals surface area contributed by atoms with Gasteiger partial charge in [0.25, 0.3) is 0 Å². The van der Waals surface area contributed by atoms with Gasteiger partial charge in [-0.25, -0.2) is 37.1 Å². The Balaban J connectivity index is 0.000000192. The third kappa shape index (κ3) is 11.4. The second kappa shape index (κ2) is 20.2. The highest BCUT2D eigenvalue weighted by Crippen LogP contribution is 2.25. The van der Waals surface area contributed by atoms with Gasteiger partial charge in [0.2, 0.25) is 26.8 Å². The molecule has 0 spiro atoms. The number of amides is 2. The van der Waals surface area contributed by atoms with Gasteiger partial charge in [0.05, 0.1) is 30.9 Å². The SMILES string of the molecule is Cc1ccc(Cn2c(S(=O)(=O)CC(=O)N[C@@H](C)c3ccc(F)cc3)nc3cccnc32)cc1.Cc1ccc(Cn2c(SCC(=O)N[C@@H](C)c3ccc(F)cc3)nc3cccnc32)cc1. The van der Waals surface area contributed by atoms with E-state index in [0.717, 1.165) is 38.6 Å². The number of aryl methyl sites for hydroxylation is 2. The molecule has 2 amide bonds. The summed E-state index contributed by atoms with van der Waals surface area (Å²) >= 11 is 1.38. The fraction of sp³-hybridized carbons (Fsp3) is 0.208. The van der Waals surface area contributed by atoms with Crippen molar-refractivity contribution >= 4 is 55.7 Å². The fourth-order valence-corrected chi connectivity index (χ4v) is 8.96. The number of carbonyl (C=O) groups is 2. The number of rotatable bonds is 14. The normalized spacial score (nSPS) is 12.3. The van der Waals surface area contributed by atoms with Crippen molar-refractivity contribution in [2.24, 2.45) is 0 Å². The summed E-state index contributed by atoms with van der Waals surface area (Å²) in [6.07, 6.45) is 3.32. The Labute approximate surface area is 374 Å². The van der Waals surface area contributed by atoms with Gasteiger partial charge in [0.15, 0.2) is 16.5 Å². The van der Waals surface area contributed by atoms with E-state index in [4.69, 9.17) is 0 Å². The van der Waals surface area contributed by atoms with Crippen LogP contribution in [0.15, 0.2) is 144 Å². The van der Waals surface area contributed by atoms with Gasteiger partial charge >= 0.3 is 0 Å². The highest BCUT2D eigenvalue weighted by atomic mass is 32.2. The Morgan fingerprint density at radius 1 is 0.625 bits per heavy atom. The molecule has 2 atom stereocenters. The van der Waals surface area contributed by atoms with E-state index < -0.39 is 27.5 Å². The summed E-state index contributed by atoms with van der Waals surface area (Å²) in [5.74, 6) is -2.00. The van der Waals surface area contributed by atoms with Crippen LogP contribution in [0.2, 0.25) is 0 Å². The van der Waals surface area contributed by atoms with Crippen LogP contribution in [-0.2, 0) is 32.5 Å². The van der Waals surface area contributed by atoms with Crippen molar-refractivity contribution < 1.29 is 26.8 Å². The molecule has 0 saturated carbocycles. The Morgan fingerprint density at radius 2 is 1.08 bits per heavy atom. The summed E-state index contributed by atoms with van der Waals surface area (Å²) < 4.78 is 56.3. The molecule has 0 radical (unpaired) electrons. The average Bonchev–Trinajstić information content (AvgIpc) is 3.83. The molecule has 8 rings (SSSR count). The molecular weight excluding hydrogens is 855 g/mol. The predicted molar refractivity (Wildman–Crippen MR) is 244 cm³/mol. The van der Waals surface area contributed by atoms with E-state index in [-0.39, 0.29) is 41.0 Å². The Bertz CT molecular complexity index is 3000. The van der Waals surface area contributed by atoms with Crippen LogP contribution >= 0.6 is 11.8 Å². The third-order valence-electron chi connectivity index (χ3n) is 10.3. The second-order valence-electron chi connectivity index (χ2n) is 15.4. The van der Waals surface area contributed by atoms with Gasteiger partial charge in [-0.2, -0.15) is 0 Å². The Morgan fingerprint density at radius 3 is 1.59 bits per heavy atom. The summed E-state index contributed by atoms with van der Waals surface area (Å²) in [6, 6.07) is 34.3. The number of carbonyl (C=O) groups excluding carboxylic acids is 2. The molecule has 2 N–H and O–H groups in total. The Hall–Kier alpha value is -6.78. The molecule has 0 aliphatic heterocycles. The lowest BCUT2D eigenvalue weighted by Gasteiger charge is -2.15. The molecular formula is C48H46F2N8O4S2. The Kier molecular flexibility index (Phi) is 14.3. The maximum Gasteiger partial charge on any atom is 0.236 e. The van der Waals surface area contributed by atoms with E-state index in [2.05, 4.69) is 61.8 Å². The maximum absolute atomic E-state index is 13.2. The molecule has 0 aliphatic carbocycles. The number of sulfone groups is 1. The molecule has 4 aromatic heterocycles. The molecule has 0 bridgehead atoms. The van der Waals surface area contributed by atoms with Crippen molar-refractivity contribution in [2.45, 2.75) is 63.2 Å². The molecule has 0 fully saturated rings. The highest BCUT2D eigenvalue weighted by Gasteiger charge is 2.28. The summed E-state index contributed by atoms with van der Waals surface area (Å²) in [5, 5.41) is 6.16. The molecule has 4 heterocycles. The number of nitrogens with zero attached hydrogens (tertiary/aromatic N) is 6. The first-order valence-corrected chi connectivity index (χ1v) is 23.0. The van der Waals surface area contributed by atoms with Gasteiger partial charge in [0.1, 0.15) is 28.4 Å². The summed E-state index contributed by atoms with van der Waals surface area (Å²) in [7, 11) is -4.07. The van der Waals surface area contributed by atoms with Crippen LogP contribution in [0.4, 0.5) is 8.78 Å². The standard InChI is InChI=1S/C24H23FN4O3S.C24H23FN4OS/c1-16-5-7-18(8-6-16)14-29-23-21(4-3-13-26-23)28-24(29)33(31,32)15-22(30)27-17(2)19-9-11-20(25)12-10-19;1-16-5-7-18(8-6-16)14-29-23-21(4-3-13-26-23)28-24(29)31-15-22(30)27-17(2)19-9-11-20(25)12-10-19/h3-13,17H,14-15H2,1-2H3,(H,27,30);3-13,17H,14-15H2,1-2H3,(H,27,30)/t2*17-/m00/s1. The lowest BCUT2D eigenvalue weighted by Crippen LogP contribution is -2.33. The number of hydrogen-bond donors (Lipinski definition) is 2. The number of imidazole rings is 2. The minimum absolute atomic E-state index is 0.108. The van der Waals surface area contributed by atoms with Crippen LogP contribution < -0.4 is 10.6 Å². The van der Waals surface area contributed by atoms with Crippen molar-refractivity contribution in [3.8, 4) is 0 Å². The topological polar surface area (TPSA) is 154 Å². The minimum atomic E-state index is -4.07. The zero-order valence-electron chi connectivity index (χ0n) is 35.6. The molecule has 64 heavy (non-hydrogen) atoms. The summed E-state index contributed by atoms with van der Waals surface area (Å²) in [4.78, 5) is 42.9. The molecule has 12 nitrogen and oxygen atoms in total. The molecule has 8 aromatic rings. The number of aromatic nitrogens is 6. The highest BCUT2D eigenvalue weighted by molar-refractivity contribution is 7.99. The van der Waals surface area contributed by atoms with E-state index in [1.54, 1.807) is 55.7 Å². The van der Waals surface area contributed by atoms with Crippen LogP contribution in [0.25, 0.3) is 22.3 Å². The van der Waals surface area contributed by atoms with Gasteiger partial charge in [-0.1, -0.05) is 95.7 Å². The molecule has 0 aliphatic rings. The fourth-order valence-electron chi connectivity index (χ4n) is 6.86. The first-order valence-electron chi connectivity index (χ1n) is 20.4. The van der Waals surface area contributed by atoms with Gasteiger partial charge in [0, 0.05) is 12.4 Å². The van der Waals surface area contributed by atoms with Crippen molar-refractivity contribution in [1.29, 1.82) is 0 Å². The van der Waals surface area contributed by atoms with E-state index >= 15 is 0 Å². The smallest absolute Gasteiger partial charge is 0.236 e. The molecule has 328 valence electrons. The van der Waals surface area contributed by atoms with Crippen molar-refractivity contribution in [3.05, 3.63) is 179 Å². The van der Waals surface area contributed by atoms with Crippen LogP contribution in [0, 0.1) is 25.5 Å². The second-order valence-corrected chi connectivity index (χ2v) is 18.2. The lowest BCUT2D eigenvalue weighted by atomic mass is 10.1. The zero-order chi connectivity index (χ0) is 45.4. The lowest BCUT2D eigenvalue weighted by molar-refractivity contribution is -0.120. The monoisotopic (exact) mass is 900 g/mol. The van der Waals surface area contributed by atoms with Gasteiger partial charge in [-0.3, -0.25) is 18.7 Å². The zero-order valence-corrected chi connectivity index (χ0v) is 37.2. The van der Waals surface area contributed by atoms with E-state index in [0.29, 0.717) is 23.3 Å². The first-order chi connectivity index (χ1) is 30.7. The number of fused-ring (bicyclic) bond motifs is 2. The van der Waals surface area contributed by atoms with Crippen LogP contribution in [-0.4, -0.2) is 60.8 Å². The van der Waals surface area contributed by atoms with E-state index in [9.17, 15) is 26.8 Å². The van der Waals surface area contributed by atoms with Crippen molar-refractivity contribution in [3.63, 3.8) is 0 Å². The van der Waals surface area contributed by atoms with E-state index in [1.165, 1.54) is 46.2 Å². The number of halogens is 2. The largest absolute Gasteiger partial charge is 0.349 e. The van der Waals surface area contributed by atoms with Crippen LogP contribution in [0.1, 0.15) is 59.3 Å². The number of benzene rings is 4. The molecule has 0 unspecified atom stereocenters. The number of hydrogen-bond acceptors (Lipinski definition) is 9. The molecule has 16 heteroatoms. The van der Waals surface area contributed by atoms with Crippen molar-refractivity contribution in [2.75, 3.05) is 11.5 Å². The van der Waals surface area contributed by atoms with Gasteiger partial charge in [-0.05, 0) is 98.5 Å². The number of pyridine rings is 2.